The van der Waals surface area contributed by atoms with Gasteiger partial charge in [-0.15, -0.1) is 0 Å². The summed E-state index contributed by atoms with van der Waals surface area (Å²) in [5.74, 6) is -2.89. The van der Waals surface area contributed by atoms with Crippen LogP contribution in [0.2, 0.25) is 0 Å². The molecule has 0 aliphatic heterocycles. The van der Waals surface area contributed by atoms with Crippen molar-refractivity contribution in [1.82, 2.24) is 20.4 Å². The number of aryl methyl sites for hydroxylation is 1. The number of nitrogens with one attached hydrogen (secondary N) is 2. The van der Waals surface area contributed by atoms with Gasteiger partial charge in [-0.3, -0.25) is 19.2 Å². The van der Waals surface area contributed by atoms with Crippen LogP contribution in [-0.4, -0.2) is 84.4 Å². The zero-order valence-corrected chi connectivity index (χ0v) is 25.7. The van der Waals surface area contributed by atoms with Crippen LogP contribution in [0.25, 0.3) is 0 Å². The van der Waals surface area contributed by atoms with Crippen LogP contribution in [-0.2, 0) is 16.0 Å². The molecule has 0 aliphatic rings. The summed E-state index contributed by atoms with van der Waals surface area (Å²) in [4.78, 5) is 53.6. The lowest BCUT2D eigenvalue weighted by molar-refractivity contribution is -0.131. The fourth-order valence-electron chi connectivity index (χ4n) is 4.69. The van der Waals surface area contributed by atoms with E-state index in [0.717, 1.165) is 31.0 Å². The molecule has 0 unspecified atom stereocenters. The van der Waals surface area contributed by atoms with Gasteiger partial charge >= 0.3 is 0 Å². The number of halogens is 2. The Kier molecular flexibility index (Phi) is 14.2. The third kappa shape index (κ3) is 11.7. The van der Waals surface area contributed by atoms with Gasteiger partial charge in [0.2, 0.25) is 11.8 Å². The molecule has 0 heterocycles. The first-order valence-corrected chi connectivity index (χ1v) is 14.7. The monoisotopic (exact) mass is 602 g/mol. The van der Waals surface area contributed by atoms with E-state index in [-0.39, 0.29) is 61.1 Å². The molecular weight excluding hydrogens is 558 g/mol. The number of carbonyl (C=O) groups is 4. The van der Waals surface area contributed by atoms with E-state index in [4.69, 9.17) is 0 Å². The van der Waals surface area contributed by atoms with E-state index in [1.807, 2.05) is 13.8 Å². The van der Waals surface area contributed by atoms with Gasteiger partial charge in [-0.05, 0) is 74.1 Å². The Morgan fingerprint density at radius 1 is 0.884 bits per heavy atom. The molecule has 2 atom stereocenters. The Hall–Kier alpha value is -3.86. The van der Waals surface area contributed by atoms with Crippen molar-refractivity contribution in [3.8, 4) is 0 Å². The Morgan fingerprint density at radius 3 is 2.07 bits per heavy atom. The third-order valence-corrected chi connectivity index (χ3v) is 6.85. The summed E-state index contributed by atoms with van der Waals surface area (Å²) >= 11 is 0. The van der Waals surface area contributed by atoms with E-state index in [1.165, 1.54) is 11.0 Å². The van der Waals surface area contributed by atoms with Gasteiger partial charge in [-0.1, -0.05) is 13.8 Å². The Bertz CT molecular complexity index is 1240. The first-order valence-electron chi connectivity index (χ1n) is 14.7. The number of rotatable bonds is 16. The van der Waals surface area contributed by atoms with Crippen LogP contribution in [0, 0.1) is 18.6 Å². The summed E-state index contributed by atoms with van der Waals surface area (Å²) in [6.07, 6.45) is 0.343. The first-order chi connectivity index (χ1) is 20.3. The molecule has 0 aliphatic carbocycles. The van der Waals surface area contributed by atoms with Gasteiger partial charge in [0.25, 0.3) is 11.8 Å². The zero-order chi connectivity index (χ0) is 32.1. The topological polar surface area (TPSA) is 119 Å². The Morgan fingerprint density at radius 2 is 1.49 bits per heavy atom. The molecule has 0 saturated carbocycles. The Balaban J connectivity index is 2.21. The predicted molar refractivity (Wildman–Crippen MR) is 161 cm³/mol. The van der Waals surface area contributed by atoms with Crippen molar-refractivity contribution in [2.75, 3.05) is 33.7 Å². The second kappa shape index (κ2) is 17.3. The standard InChI is InChI=1S/C32H44F2N4O5/c1-6-12-38(13-7-2)32(43)24-15-21(3)14-23(19-24)31(42)36-27(18-22-16-25(33)20-26(34)17-22)28(39)10-11-35-29(40)8-9-30(41)37(4)5/h14-17,19-20,27-28,39H,6-13,18H2,1-5H3,(H,35,40)(H,36,42)/t27-,28+/m0/s1. The minimum atomic E-state index is -1.20. The van der Waals surface area contributed by atoms with Crippen molar-refractivity contribution in [2.45, 2.75) is 71.4 Å². The van der Waals surface area contributed by atoms with Crippen LogP contribution in [0.1, 0.15) is 77.8 Å². The van der Waals surface area contributed by atoms with Gasteiger partial charge in [0.15, 0.2) is 0 Å². The second-order valence-corrected chi connectivity index (χ2v) is 10.9. The van der Waals surface area contributed by atoms with Crippen molar-refractivity contribution in [3.63, 3.8) is 0 Å². The average Bonchev–Trinajstić information content (AvgIpc) is 2.93. The molecule has 0 aromatic heterocycles. The van der Waals surface area contributed by atoms with Gasteiger partial charge in [0, 0.05) is 63.8 Å². The maximum atomic E-state index is 13.9. The highest BCUT2D eigenvalue weighted by Crippen LogP contribution is 2.16. The third-order valence-electron chi connectivity index (χ3n) is 6.85. The number of nitrogens with zero attached hydrogens (tertiary/aromatic N) is 2. The lowest BCUT2D eigenvalue weighted by Crippen LogP contribution is -2.46. The number of benzene rings is 2. The predicted octanol–water partition coefficient (Wildman–Crippen LogP) is 3.61. The molecule has 43 heavy (non-hydrogen) atoms. The van der Waals surface area contributed by atoms with Crippen LogP contribution in [0.4, 0.5) is 8.78 Å². The molecule has 0 bridgehead atoms. The number of hydrogen-bond acceptors (Lipinski definition) is 5. The van der Waals surface area contributed by atoms with Gasteiger partial charge in [-0.2, -0.15) is 0 Å². The molecule has 2 aromatic carbocycles. The van der Waals surface area contributed by atoms with Gasteiger partial charge in [0.1, 0.15) is 11.6 Å². The molecule has 4 amide bonds. The largest absolute Gasteiger partial charge is 0.391 e. The zero-order valence-electron chi connectivity index (χ0n) is 25.7. The highest BCUT2D eigenvalue weighted by atomic mass is 19.1. The molecule has 2 aromatic rings. The molecule has 0 fully saturated rings. The molecular formula is C32H44F2N4O5. The summed E-state index contributed by atoms with van der Waals surface area (Å²) in [5, 5.41) is 16.4. The fourth-order valence-corrected chi connectivity index (χ4v) is 4.69. The minimum Gasteiger partial charge on any atom is -0.391 e. The van der Waals surface area contributed by atoms with Crippen LogP contribution >= 0.6 is 0 Å². The van der Waals surface area contributed by atoms with Crippen molar-refractivity contribution in [3.05, 3.63) is 70.3 Å². The van der Waals surface area contributed by atoms with Gasteiger partial charge < -0.3 is 25.5 Å². The van der Waals surface area contributed by atoms with Crippen molar-refractivity contribution >= 4 is 23.6 Å². The first kappa shape index (κ1) is 35.3. The average molecular weight is 603 g/mol. The van der Waals surface area contributed by atoms with E-state index in [1.54, 1.807) is 38.1 Å². The van der Waals surface area contributed by atoms with Crippen LogP contribution < -0.4 is 10.6 Å². The van der Waals surface area contributed by atoms with E-state index in [9.17, 15) is 33.1 Å². The normalized spacial score (nSPS) is 12.3. The van der Waals surface area contributed by atoms with E-state index in [0.29, 0.717) is 24.2 Å². The second-order valence-electron chi connectivity index (χ2n) is 10.9. The molecule has 11 heteroatoms. The number of aliphatic hydroxyl groups excluding tert-OH is 1. The summed E-state index contributed by atoms with van der Waals surface area (Å²) in [7, 11) is 3.19. The highest BCUT2D eigenvalue weighted by Gasteiger charge is 2.24. The maximum absolute atomic E-state index is 13.9. The number of carbonyl (C=O) groups excluding carboxylic acids is 4. The number of hydrogen-bond donors (Lipinski definition) is 3. The van der Waals surface area contributed by atoms with Crippen molar-refractivity contribution < 1.29 is 33.1 Å². The highest BCUT2D eigenvalue weighted by molar-refractivity contribution is 6.00. The minimum absolute atomic E-state index is 0.0157. The lowest BCUT2D eigenvalue weighted by atomic mass is 9.97. The van der Waals surface area contributed by atoms with E-state index in [2.05, 4.69) is 10.6 Å². The molecule has 236 valence electrons. The van der Waals surface area contributed by atoms with Crippen LogP contribution in [0.3, 0.4) is 0 Å². The summed E-state index contributed by atoms with van der Waals surface area (Å²) in [6, 6.07) is 6.84. The van der Waals surface area contributed by atoms with Crippen molar-refractivity contribution in [1.29, 1.82) is 0 Å². The van der Waals surface area contributed by atoms with E-state index >= 15 is 0 Å². The molecule has 2 rings (SSSR count). The number of amides is 4. The smallest absolute Gasteiger partial charge is 0.253 e. The SMILES string of the molecule is CCCN(CCC)C(=O)c1cc(C)cc(C(=O)N[C@@H](Cc2cc(F)cc(F)c2)[C@H](O)CCNC(=O)CCC(=O)N(C)C)c1. The van der Waals surface area contributed by atoms with Gasteiger partial charge in [0.05, 0.1) is 12.1 Å². The fraction of sp³-hybridized carbons (Fsp3) is 0.500. The summed E-state index contributed by atoms with van der Waals surface area (Å²) in [6.45, 7) is 6.96. The van der Waals surface area contributed by atoms with Crippen LogP contribution in [0.15, 0.2) is 36.4 Å². The van der Waals surface area contributed by atoms with Gasteiger partial charge in [-0.25, -0.2) is 8.78 Å². The molecule has 9 nitrogen and oxygen atoms in total. The van der Waals surface area contributed by atoms with Crippen LogP contribution in [0.5, 0.6) is 0 Å². The summed E-state index contributed by atoms with van der Waals surface area (Å²) in [5.41, 5.74) is 1.50. The van der Waals surface area contributed by atoms with Crippen molar-refractivity contribution in [2.24, 2.45) is 0 Å². The lowest BCUT2D eigenvalue weighted by Gasteiger charge is -2.25. The quantitative estimate of drug-likeness (QED) is 0.271. The maximum Gasteiger partial charge on any atom is 0.253 e. The molecule has 0 saturated heterocycles. The molecule has 0 spiro atoms. The number of aliphatic hydroxyl groups is 1. The molecule has 3 N–H and O–H groups in total. The summed E-state index contributed by atoms with van der Waals surface area (Å²) < 4.78 is 27.8. The van der Waals surface area contributed by atoms with E-state index < -0.39 is 29.7 Å². The Labute approximate surface area is 252 Å². The molecule has 0 radical (unpaired) electrons.